The van der Waals surface area contributed by atoms with Crippen LogP contribution in [-0.2, 0) is 5.54 Å². The molecule has 104 valence electrons. The summed E-state index contributed by atoms with van der Waals surface area (Å²) in [6.07, 6.45) is 3.50. The third-order valence-electron chi connectivity index (χ3n) is 4.20. The first-order valence-corrected chi connectivity index (χ1v) is 7.50. The molecule has 0 bridgehead atoms. The molecule has 1 aliphatic rings. The van der Waals surface area contributed by atoms with Crippen molar-refractivity contribution in [2.75, 3.05) is 0 Å². The van der Waals surface area contributed by atoms with E-state index in [1.807, 2.05) is 0 Å². The fraction of sp³-hybridized carbons (Fsp3) is 0.389. The average molecular weight is 266 g/mol. The third kappa shape index (κ3) is 2.61. The van der Waals surface area contributed by atoms with E-state index in [0.29, 0.717) is 6.04 Å². The summed E-state index contributed by atoms with van der Waals surface area (Å²) in [6, 6.07) is 17.4. The van der Waals surface area contributed by atoms with Gasteiger partial charge in [0.2, 0.25) is 0 Å². The lowest BCUT2D eigenvalue weighted by molar-refractivity contribution is 0.412. The molecule has 0 spiro atoms. The number of hydrogen-bond donors (Lipinski definition) is 1. The molecule has 1 aromatic heterocycles. The predicted molar refractivity (Wildman–Crippen MR) is 82.5 cm³/mol. The maximum absolute atomic E-state index is 4.69. The van der Waals surface area contributed by atoms with Crippen molar-refractivity contribution in [1.82, 2.24) is 10.3 Å². The largest absolute Gasteiger partial charge is 0.299 e. The van der Waals surface area contributed by atoms with E-state index in [4.69, 9.17) is 0 Å². The van der Waals surface area contributed by atoms with Crippen LogP contribution in [0.15, 0.2) is 48.5 Å². The highest BCUT2D eigenvalue weighted by molar-refractivity contribution is 5.31. The lowest BCUT2D eigenvalue weighted by atomic mass is 10.0. The second kappa shape index (κ2) is 5.37. The highest BCUT2D eigenvalue weighted by Crippen LogP contribution is 2.47. The second-order valence-corrected chi connectivity index (χ2v) is 5.76. The van der Waals surface area contributed by atoms with E-state index in [2.05, 4.69) is 72.7 Å². The Morgan fingerprint density at radius 1 is 1.10 bits per heavy atom. The van der Waals surface area contributed by atoms with Gasteiger partial charge < -0.3 is 0 Å². The predicted octanol–water partition coefficient (Wildman–Crippen LogP) is 4.12. The van der Waals surface area contributed by atoms with Crippen LogP contribution in [0.25, 0.3) is 0 Å². The molecule has 1 saturated carbocycles. The van der Waals surface area contributed by atoms with Crippen molar-refractivity contribution in [3.63, 3.8) is 0 Å². The van der Waals surface area contributed by atoms with E-state index in [-0.39, 0.29) is 5.54 Å². The van der Waals surface area contributed by atoms with Crippen molar-refractivity contribution in [2.24, 2.45) is 0 Å². The molecule has 1 N–H and O–H groups in total. The molecule has 2 nitrogen and oxygen atoms in total. The standard InChI is InChI=1S/C18H22N2/c1-3-16(17-11-7-8-14(2)19-17)20-18(12-13-18)15-9-5-4-6-10-15/h4-11,16,20H,3,12-13H2,1-2H3. The molecule has 3 rings (SSSR count). The topological polar surface area (TPSA) is 24.9 Å². The highest BCUT2D eigenvalue weighted by Gasteiger charge is 2.45. The lowest BCUT2D eigenvalue weighted by Gasteiger charge is -2.25. The smallest absolute Gasteiger partial charge is 0.0576 e. The number of aromatic nitrogens is 1. The van der Waals surface area contributed by atoms with Crippen LogP contribution < -0.4 is 5.32 Å². The van der Waals surface area contributed by atoms with Gasteiger partial charge in [0.1, 0.15) is 0 Å². The van der Waals surface area contributed by atoms with Crippen LogP contribution in [0.2, 0.25) is 0 Å². The summed E-state index contributed by atoms with van der Waals surface area (Å²) in [6.45, 7) is 4.28. The number of pyridine rings is 1. The molecule has 1 atom stereocenters. The highest BCUT2D eigenvalue weighted by atomic mass is 15.1. The molecule has 1 unspecified atom stereocenters. The van der Waals surface area contributed by atoms with E-state index in [1.54, 1.807) is 0 Å². The molecule has 0 amide bonds. The maximum atomic E-state index is 4.69. The van der Waals surface area contributed by atoms with Gasteiger partial charge in [0.25, 0.3) is 0 Å². The van der Waals surface area contributed by atoms with Crippen LogP contribution in [0.4, 0.5) is 0 Å². The molecule has 0 saturated heterocycles. The van der Waals surface area contributed by atoms with Crippen LogP contribution in [0.5, 0.6) is 0 Å². The van der Waals surface area contributed by atoms with Gasteiger partial charge in [0, 0.05) is 17.3 Å². The zero-order chi connectivity index (χ0) is 14.0. The summed E-state index contributed by atoms with van der Waals surface area (Å²) in [7, 11) is 0. The Morgan fingerprint density at radius 2 is 1.85 bits per heavy atom. The summed E-state index contributed by atoms with van der Waals surface area (Å²) in [5, 5.41) is 3.85. The molecular formula is C18H22N2. The summed E-state index contributed by atoms with van der Waals surface area (Å²) < 4.78 is 0. The summed E-state index contributed by atoms with van der Waals surface area (Å²) in [5.74, 6) is 0. The van der Waals surface area contributed by atoms with Gasteiger partial charge in [-0.2, -0.15) is 0 Å². The van der Waals surface area contributed by atoms with Crippen molar-refractivity contribution in [2.45, 2.75) is 44.7 Å². The fourth-order valence-corrected chi connectivity index (χ4v) is 2.88. The minimum absolute atomic E-state index is 0.174. The molecule has 2 heteroatoms. The first-order valence-electron chi connectivity index (χ1n) is 7.50. The third-order valence-corrected chi connectivity index (χ3v) is 4.20. The molecule has 1 heterocycles. The Balaban J connectivity index is 1.82. The maximum Gasteiger partial charge on any atom is 0.0576 e. The van der Waals surface area contributed by atoms with Crippen LogP contribution in [0.1, 0.15) is 49.2 Å². The Morgan fingerprint density at radius 3 is 2.45 bits per heavy atom. The normalized spacial score (nSPS) is 17.7. The average Bonchev–Trinajstić information content (AvgIpc) is 3.27. The van der Waals surface area contributed by atoms with Crippen molar-refractivity contribution in [3.05, 3.63) is 65.5 Å². The number of rotatable bonds is 5. The van der Waals surface area contributed by atoms with E-state index in [0.717, 1.165) is 17.8 Å². The van der Waals surface area contributed by atoms with Crippen LogP contribution in [-0.4, -0.2) is 4.98 Å². The van der Waals surface area contributed by atoms with E-state index in [1.165, 1.54) is 18.4 Å². The van der Waals surface area contributed by atoms with Gasteiger partial charge in [-0.1, -0.05) is 43.3 Å². The molecule has 1 aromatic carbocycles. The Labute approximate surface area is 121 Å². The molecule has 2 aromatic rings. The number of hydrogen-bond acceptors (Lipinski definition) is 2. The Bertz CT molecular complexity index is 573. The minimum Gasteiger partial charge on any atom is -0.299 e. The van der Waals surface area contributed by atoms with Gasteiger partial charge in [-0.3, -0.25) is 10.3 Å². The summed E-state index contributed by atoms with van der Waals surface area (Å²) >= 11 is 0. The zero-order valence-corrected chi connectivity index (χ0v) is 12.3. The van der Waals surface area contributed by atoms with Gasteiger partial charge in [-0.25, -0.2) is 0 Å². The molecular weight excluding hydrogens is 244 g/mol. The SMILES string of the molecule is CCC(NC1(c2ccccc2)CC1)c1cccc(C)n1. The quantitative estimate of drug-likeness (QED) is 0.880. The van der Waals surface area contributed by atoms with Crippen LogP contribution in [0.3, 0.4) is 0 Å². The molecule has 1 fully saturated rings. The van der Waals surface area contributed by atoms with E-state index in [9.17, 15) is 0 Å². The molecule has 0 aliphatic heterocycles. The number of nitrogens with one attached hydrogen (secondary N) is 1. The van der Waals surface area contributed by atoms with Crippen molar-refractivity contribution in [1.29, 1.82) is 0 Å². The molecule has 20 heavy (non-hydrogen) atoms. The van der Waals surface area contributed by atoms with Gasteiger partial charge in [0.15, 0.2) is 0 Å². The second-order valence-electron chi connectivity index (χ2n) is 5.76. The first-order chi connectivity index (χ1) is 9.73. The van der Waals surface area contributed by atoms with Crippen molar-refractivity contribution >= 4 is 0 Å². The number of aryl methyl sites for hydroxylation is 1. The van der Waals surface area contributed by atoms with Crippen molar-refractivity contribution in [3.8, 4) is 0 Å². The Kier molecular flexibility index (Phi) is 3.58. The van der Waals surface area contributed by atoms with E-state index >= 15 is 0 Å². The number of benzene rings is 1. The van der Waals surface area contributed by atoms with E-state index < -0.39 is 0 Å². The van der Waals surface area contributed by atoms with Gasteiger partial charge in [0.05, 0.1) is 5.69 Å². The Hall–Kier alpha value is -1.67. The number of nitrogens with zero attached hydrogens (tertiary/aromatic N) is 1. The van der Waals surface area contributed by atoms with Gasteiger partial charge in [-0.05, 0) is 43.9 Å². The molecule has 1 aliphatic carbocycles. The first kappa shape index (κ1) is 13.3. The summed E-state index contributed by atoms with van der Waals surface area (Å²) in [5.41, 5.74) is 3.83. The molecule has 0 radical (unpaired) electrons. The van der Waals surface area contributed by atoms with Gasteiger partial charge in [-0.15, -0.1) is 0 Å². The van der Waals surface area contributed by atoms with Gasteiger partial charge >= 0.3 is 0 Å². The fourth-order valence-electron chi connectivity index (χ4n) is 2.88. The van der Waals surface area contributed by atoms with Crippen LogP contribution >= 0.6 is 0 Å². The zero-order valence-electron chi connectivity index (χ0n) is 12.3. The minimum atomic E-state index is 0.174. The summed E-state index contributed by atoms with van der Waals surface area (Å²) in [4.78, 5) is 4.69. The van der Waals surface area contributed by atoms with Crippen LogP contribution in [0, 0.1) is 6.92 Å². The monoisotopic (exact) mass is 266 g/mol. The van der Waals surface area contributed by atoms with Crippen molar-refractivity contribution < 1.29 is 0 Å². The lowest BCUT2D eigenvalue weighted by Crippen LogP contribution is -2.33.